The zero-order valence-corrected chi connectivity index (χ0v) is 10.9. The quantitative estimate of drug-likeness (QED) is 0.640. The highest BCUT2D eigenvalue weighted by Crippen LogP contribution is 2.25. The average Bonchev–Trinajstić information content (AvgIpc) is 2.15. The first kappa shape index (κ1) is 14.3. The zero-order valence-electron chi connectivity index (χ0n) is 10.9. The Bertz CT molecular complexity index is 253. The molecule has 0 aromatic rings. The van der Waals surface area contributed by atoms with Gasteiger partial charge in [0.1, 0.15) is 11.8 Å². The van der Waals surface area contributed by atoms with Crippen LogP contribution in [0.4, 0.5) is 4.79 Å². The first-order valence-electron chi connectivity index (χ1n) is 6.21. The number of amides is 1. The molecule has 1 aliphatic rings. The van der Waals surface area contributed by atoms with Crippen LogP contribution < -0.4 is 11.1 Å². The van der Waals surface area contributed by atoms with E-state index in [1.54, 1.807) is 0 Å². The van der Waals surface area contributed by atoms with E-state index in [4.69, 9.17) is 10.5 Å². The maximum Gasteiger partial charge on any atom is 0.407 e. The van der Waals surface area contributed by atoms with Crippen molar-refractivity contribution in [2.45, 2.75) is 64.3 Å². The number of hydrogen-bond donors (Lipinski definition) is 3. The van der Waals surface area contributed by atoms with E-state index in [9.17, 15) is 9.90 Å². The van der Waals surface area contributed by atoms with Gasteiger partial charge in [-0.2, -0.15) is 0 Å². The van der Waals surface area contributed by atoms with Crippen LogP contribution in [0.5, 0.6) is 0 Å². The molecule has 1 aliphatic carbocycles. The van der Waals surface area contributed by atoms with Crippen LogP contribution in [-0.4, -0.2) is 29.1 Å². The summed E-state index contributed by atoms with van der Waals surface area (Å²) in [6, 6.07) is 0.139. The number of alkyl carbamates (subject to hydrolysis) is 1. The standard InChI is InChI=1S/C12H24N2O3/c1-12(2,3)17-11(16)14-9-6-4-8(5-7-9)10(13)15/h8-10,15H,4-7,13H2,1-3H3,(H,14,16). The minimum atomic E-state index is -0.738. The Labute approximate surface area is 103 Å². The first-order valence-corrected chi connectivity index (χ1v) is 6.21. The van der Waals surface area contributed by atoms with Crippen LogP contribution in [0.3, 0.4) is 0 Å². The molecule has 0 radical (unpaired) electrons. The van der Waals surface area contributed by atoms with Crippen molar-refractivity contribution in [3.63, 3.8) is 0 Å². The van der Waals surface area contributed by atoms with Crippen LogP contribution >= 0.6 is 0 Å². The second kappa shape index (κ2) is 5.69. The molecule has 0 saturated heterocycles. The maximum absolute atomic E-state index is 11.5. The fourth-order valence-corrected chi connectivity index (χ4v) is 2.08. The molecule has 0 spiro atoms. The predicted molar refractivity (Wildman–Crippen MR) is 65.3 cm³/mol. The summed E-state index contributed by atoms with van der Waals surface area (Å²) in [5.74, 6) is 0.159. The van der Waals surface area contributed by atoms with E-state index < -0.39 is 11.8 Å². The van der Waals surface area contributed by atoms with Gasteiger partial charge in [0.15, 0.2) is 0 Å². The van der Waals surface area contributed by atoms with Crippen molar-refractivity contribution < 1.29 is 14.6 Å². The summed E-state index contributed by atoms with van der Waals surface area (Å²) in [4.78, 5) is 11.5. The largest absolute Gasteiger partial charge is 0.444 e. The van der Waals surface area contributed by atoms with Crippen LogP contribution in [0.15, 0.2) is 0 Å². The lowest BCUT2D eigenvalue weighted by atomic mass is 9.85. The molecule has 0 aromatic carbocycles. The first-order chi connectivity index (χ1) is 7.78. The summed E-state index contributed by atoms with van der Waals surface area (Å²) in [5.41, 5.74) is 4.98. The summed E-state index contributed by atoms with van der Waals surface area (Å²) in [7, 11) is 0. The molecule has 5 heteroatoms. The number of nitrogens with two attached hydrogens (primary N) is 1. The van der Waals surface area contributed by atoms with Gasteiger partial charge in [-0.05, 0) is 52.4 Å². The van der Waals surface area contributed by atoms with Crippen molar-refractivity contribution in [3.05, 3.63) is 0 Å². The summed E-state index contributed by atoms with van der Waals surface area (Å²) < 4.78 is 5.19. The number of carbonyl (C=O) groups excluding carboxylic acids is 1. The van der Waals surface area contributed by atoms with Crippen molar-refractivity contribution in [1.82, 2.24) is 5.32 Å². The van der Waals surface area contributed by atoms with Crippen molar-refractivity contribution >= 4 is 6.09 Å². The van der Waals surface area contributed by atoms with Gasteiger partial charge in [-0.1, -0.05) is 0 Å². The Kier molecular flexibility index (Phi) is 4.77. The van der Waals surface area contributed by atoms with Gasteiger partial charge in [-0.15, -0.1) is 0 Å². The molecule has 1 rings (SSSR count). The molecule has 4 N–H and O–H groups in total. The van der Waals surface area contributed by atoms with Gasteiger partial charge in [-0.3, -0.25) is 0 Å². The highest BCUT2D eigenvalue weighted by molar-refractivity contribution is 5.68. The van der Waals surface area contributed by atoms with E-state index >= 15 is 0 Å². The SMILES string of the molecule is CC(C)(C)OC(=O)NC1CCC(C(N)O)CC1. The van der Waals surface area contributed by atoms with E-state index in [1.807, 2.05) is 20.8 Å². The van der Waals surface area contributed by atoms with Gasteiger partial charge in [0.2, 0.25) is 0 Å². The summed E-state index contributed by atoms with van der Waals surface area (Å²) >= 11 is 0. The molecule has 17 heavy (non-hydrogen) atoms. The Morgan fingerprint density at radius 2 is 1.88 bits per heavy atom. The molecule has 1 unspecified atom stereocenters. The van der Waals surface area contributed by atoms with Gasteiger partial charge in [-0.25, -0.2) is 4.79 Å². The van der Waals surface area contributed by atoms with E-state index in [2.05, 4.69) is 5.32 Å². The smallest absolute Gasteiger partial charge is 0.407 e. The van der Waals surface area contributed by atoms with Crippen LogP contribution in [-0.2, 0) is 4.74 Å². The number of ether oxygens (including phenoxy) is 1. The van der Waals surface area contributed by atoms with Crippen LogP contribution in [0, 0.1) is 5.92 Å². The molecule has 0 aliphatic heterocycles. The molecule has 5 nitrogen and oxygen atoms in total. The summed E-state index contributed by atoms with van der Waals surface area (Å²) in [5, 5.41) is 12.1. The minimum absolute atomic E-state index is 0.139. The molecule has 1 fully saturated rings. The van der Waals surface area contributed by atoms with E-state index in [0.29, 0.717) is 0 Å². The molecule has 0 heterocycles. The number of aliphatic hydroxyl groups is 1. The highest BCUT2D eigenvalue weighted by atomic mass is 16.6. The van der Waals surface area contributed by atoms with Crippen LogP contribution in [0.25, 0.3) is 0 Å². The van der Waals surface area contributed by atoms with E-state index in [0.717, 1.165) is 25.7 Å². The molecule has 100 valence electrons. The number of hydrogen-bond acceptors (Lipinski definition) is 4. The third kappa shape index (κ3) is 5.37. The molecule has 1 saturated carbocycles. The number of aliphatic hydroxyl groups excluding tert-OH is 1. The third-order valence-corrected chi connectivity index (χ3v) is 2.98. The summed E-state index contributed by atoms with van der Waals surface area (Å²) in [6.07, 6.45) is 2.28. The second-order valence-electron chi connectivity index (χ2n) is 5.75. The van der Waals surface area contributed by atoms with Crippen molar-refractivity contribution in [1.29, 1.82) is 0 Å². The fraction of sp³-hybridized carbons (Fsp3) is 0.917. The minimum Gasteiger partial charge on any atom is -0.444 e. The average molecular weight is 244 g/mol. The second-order valence-corrected chi connectivity index (χ2v) is 5.75. The monoisotopic (exact) mass is 244 g/mol. The van der Waals surface area contributed by atoms with Crippen molar-refractivity contribution in [2.24, 2.45) is 11.7 Å². The molecule has 0 aromatic heterocycles. The van der Waals surface area contributed by atoms with Gasteiger partial charge in [0, 0.05) is 6.04 Å². The fourth-order valence-electron chi connectivity index (χ4n) is 2.08. The zero-order chi connectivity index (χ0) is 13.1. The lowest BCUT2D eigenvalue weighted by Crippen LogP contribution is -2.43. The van der Waals surface area contributed by atoms with Gasteiger partial charge < -0.3 is 20.9 Å². The predicted octanol–water partition coefficient (Wildman–Crippen LogP) is 1.35. The summed E-state index contributed by atoms with van der Waals surface area (Å²) in [6.45, 7) is 5.52. The number of nitrogens with one attached hydrogen (secondary N) is 1. The Hall–Kier alpha value is -0.810. The van der Waals surface area contributed by atoms with Gasteiger partial charge in [0.25, 0.3) is 0 Å². The molecular formula is C12H24N2O3. The highest BCUT2D eigenvalue weighted by Gasteiger charge is 2.26. The molecule has 1 amide bonds. The number of rotatable bonds is 2. The lowest BCUT2D eigenvalue weighted by Gasteiger charge is -2.31. The lowest BCUT2D eigenvalue weighted by molar-refractivity contribution is 0.0456. The maximum atomic E-state index is 11.5. The molecule has 0 bridgehead atoms. The topological polar surface area (TPSA) is 84.6 Å². The Balaban J connectivity index is 2.29. The van der Waals surface area contributed by atoms with Crippen molar-refractivity contribution in [3.8, 4) is 0 Å². The van der Waals surface area contributed by atoms with E-state index in [1.165, 1.54) is 0 Å². The van der Waals surface area contributed by atoms with Crippen molar-refractivity contribution in [2.75, 3.05) is 0 Å². The van der Waals surface area contributed by atoms with Crippen LogP contribution in [0.1, 0.15) is 46.5 Å². The van der Waals surface area contributed by atoms with E-state index in [-0.39, 0.29) is 18.1 Å². The number of carbonyl (C=O) groups is 1. The Morgan fingerprint density at radius 1 is 1.35 bits per heavy atom. The molecule has 1 atom stereocenters. The third-order valence-electron chi connectivity index (χ3n) is 2.98. The van der Waals surface area contributed by atoms with Gasteiger partial charge in [0.05, 0.1) is 0 Å². The molecular weight excluding hydrogens is 220 g/mol. The van der Waals surface area contributed by atoms with Crippen LogP contribution in [0.2, 0.25) is 0 Å². The van der Waals surface area contributed by atoms with Gasteiger partial charge >= 0.3 is 6.09 Å². The Morgan fingerprint density at radius 3 is 2.29 bits per heavy atom. The normalized spacial score (nSPS) is 27.4.